The van der Waals surface area contributed by atoms with Crippen LogP contribution in [0.2, 0.25) is 0 Å². The van der Waals surface area contributed by atoms with E-state index in [1.165, 1.54) is 218 Å². The first kappa shape index (κ1) is 49.3. The van der Waals surface area contributed by atoms with E-state index in [0.29, 0.717) is 10.8 Å². The largest absolute Gasteiger partial charge is 0.0978 e. The average molecular weight is 831 g/mol. The fourth-order valence-electron chi connectivity index (χ4n) is 10.8. The molecule has 0 saturated heterocycles. The third-order valence-corrected chi connectivity index (χ3v) is 16.2. The summed E-state index contributed by atoms with van der Waals surface area (Å²) in [6, 6.07) is 18.9. The number of benzene rings is 5. The van der Waals surface area contributed by atoms with Gasteiger partial charge in [-0.3, -0.25) is 0 Å². The van der Waals surface area contributed by atoms with Crippen LogP contribution in [0, 0.1) is 62.2 Å². The molecular formula is C62H86. The molecule has 0 spiro atoms. The van der Waals surface area contributed by atoms with Gasteiger partial charge < -0.3 is 0 Å². The molecule has 5 aromatic rings. The Morgan fingerprint density at radius 1 is 0.323 bits per heavy atom. The van der Waals surface area contributed by atoms with Crippen molar-refractivity contribution in [2.75, 3.05) is 0 Å². The lowest BCUT2D eigenvalue weighted by Crippen LogP contribution is -2.17. The van der Waals surface area contributed by atoms with Crippen molar-refractivity contribution >= 4 is 43.1 Å². The SMILES string of the molecule is CCC(CC)(CC)CCCCCCCCCC#Cc1c2cc3c(C)ccc(C)c3cc2c(C#CCCCCCCCCCC(CC)(CC)CC)c2cc3c(C)ccc(C)c3cc12. The molecule has 0 aliphatic rings. The standard InChI is InChI=1S/C62H86/c1-11-61(12-2,13-3)41-33-29-25-21-17-19-23-27-31-35-51-57-43-53-47(7)37-39-49(9)55(53)45-59(57)52(60-46-56-50(10)40-38-48(8)54(56)44-58(51)60)36-32-28-24-20-18-22-26-30-34-42-62(14-4,15-5)16-6/h37-40,43-46H,11-30,33-34,41-42H2,1-10H3. The fraction of sp³-hybridized carbons (Fsp3) is 0.581. The van der Waals surface area contributed by atoms with Gasteiger partial charge in [-0.15, -0.1) is 0 Å². The number of hydrogen-bond acceptors (Lipinski definition) is 0. The quantitative estimate of drug-likeness (QED) is 0.0330. The summed E-state index contributed by atoms with van der Waals surface area (Å²) in [5.41, 5.74) is 8.81. The number of hydrogen-bond donors (Lipinski definition) is 0. The molecule has 62 heavy (non-hydrogen) atoms. The second-order valence-electron chi connectivity index (χ2n) is 19.7. The first-order valence-electron chi connectivity index (χ1n) is 25.9. The lowest BCUT2D eigenvalue weighted by atomic mass is 9.75. The smallest absolute Gasteiger partial charge is 0.0403 e. The molecule has 5 rings (SSSR count). The van der Waals surface area contributed by atoms with Crippen LogP contribution in [0.4, 0.5) is 0 Å². The van der Waals surface area contributed by atoms with Crippen LogP contribution in [-0.2, 0) is 0 Å². The van der Waals surface area contributed by atoms with E-state index in [-0.39, 0.29) is 0 Å². The van der Waals surface area contributed by atoms with Gasteiger partial charge in [0.2, 0.25) is 0 Å². The molecule has 0 aliphatic heterocycles. The minimum atomic E-state index is 0.586. The Bertz CT molecular complexity index is 2040. The highest BCUT2D eigenvalue weighted by Crippen LogP contribution is 2.40. The maximum Gasteiger partial charge on any atom is 0.0403 e. The minimum Gasteiger partial charge on any atom is -0.0978 e. The molecule has 0 aliphatic carbocycles. The number of unbranched alkanes of at least 4 members (excludes halogenated alkanes) is 14. The van der Waals surface area contributed by atoms with Gasteiger partial charge in [-0.1, -0.05) is 205 Å². The van der Waals surface area contributed by atoms with E-state index in [9.17, 15) is 0 Å². The highest BCUT2D eigenvalue weighted by molar-refractivity contribution is 6.17. The van der Waals surface area contributed by atoms with Gasteiger partial charge in [0.25, 0.3) is 0 Å². The van der Waals surface area contributed by atoms with Gasteiger partial charge in [0.05, 0.1) is 0 Å². The Balaban J connectivity index is 1.36. The third kappa shape index (κ3) is 12.3. The van der Waals surface area contributed by atoms with Gasteiger partial charge in [0, 0.05) is 24.0 Å². The molecule has 0 atom stereocenters. The maximum absolute atomic E-state index is 3.83. The summed E-state index contributed by atoms with van der Waals surface area (Å²) in [4.78, 5) is 0. The highest BCUT2D eigenvalue weighted by atomic mass is 14.3. The van der Waals surface area contributed by atoms with E-state index < -0.39 is 0 Å². The zero-order chi connectivity index (χ0) is 44.5. The predicted octanol–water partition coefficient (Wildman–Crippen LogP) is 19.7. The Kier molecular flexibility index (Phi) is 19.4. The predicted molar refractivity (Wildman–Crippen MR) is 279 cm³/mol. The summed E-state index contributed by atoms with van der Waals surface area (Å²) in [7, 11) is 0. The molecule has 5 aromatic carbocycles. The van der Waals surface area contributed by atoms with Crippen molar-refractivity contribution in [2.45, 2.75) is 223 Å². The lowest BCUT2D eigenvalue weighted by Gasteiger charge is -2.30. The zero-order valence-corrected chi connectivity index (χ0v) is 41.6. The van der Waals surface area contributed by atoms with Crippen molar-refractivity contribution < 1.29 is 0 Å². The Morgan fingerprint density at radius 2 is 0.565 bits per heavy atom. The summed E-state index contributed by atoms with van der Waals surface area (Å²) >= 11 is 0. The third-order valence-electron chi connectivity index (χ3n) is 16.2. The molecule has 0 unspecified atom stereocenters. The number of aryl methyl sites for hydroxylation is 4. The van der Waals surface area contributed by atoms with E-state index in [4.69, 9.17) is 0 Å². The van der Waals surface area contributed by atoms with Crippen molar-refractivity contribution in [1.82, 2.24) is 0 Å². The topological polar surface area (TPSA) is 0 Å². The van der Waals surface area contributed by atoms with Crippen molar-refractivity contribution in [3.63, 3.8) is 0 Å². The minimum absolute atomic E-state index is 0.586. The Hall–Kier alpha value is -3.74. The molecule has 0 heteroatoms. The van der Waals surface area contributed by atoms with Gasteiger partial charge in [0.15, 0.2) is 0 Å². The van der Waals surface area contributed by atoms with Crippen LogP contribution in [0.5, 0.6) is 0 Å². The van der Waals surface area contributed by atoms with Crippen LogP contribution in [-0.4, -0.2) is 0 Å². The van der Waals surface area contributed by atoms with E-state index in [1.54, 1.807) is 0 Å². The Labute approximate surface area is 381 Å². The molecule has 0 bridgehead atoms. The number of rotatable bonds is 24. The summed E-state index contributed by atoms with van der Waals surface area (Å²) in [6.45, 7) is 23.4. The average Bonchev–Trinajstić information content (AvgIpc) is 3.29. The molecule has 0 amide bonds. The summed E-state index contributed by atoms with van der Waals surface area (Å²) in [5, 5.41) is 10.3. The molecule has 0 saturated carbocycles. The lowest BCUT2D eigenvalue weighted by molar-refractivity contribution is 0.220. The van der Waals surface area contributed by atoms with Crippen LogP contribution >= 0.6 is 0 Å². The van der Waals surface area contributed by atoms with Crippen molar-refractivity contribution in [3.8, 4) is 23.7 Å². The van der Waals surface area contributed by atoms with Gasteiger partial charge in [-0.05, 0) is 154 Å². The first-order valence-corrected chi connectivity index (χ1v) is 25.9. The van der Waals surface area contributed by atoms with E-state index >= 15 is 0 Å². The summed E-state index contributed by atoms with van der Waals surface area (Å²) in [6.07, 6.45) is 31.3. The molecule has 0 N–H and O–H groups in total. The fourth-order valence-corrected chi connectivity index (χ4v) is 10.8. The monoisotopic (exact) mass is 831 g/mol. The summed E-state index contributed by atoms with van der Waals surface area (Å²) in [5.74, 6) is 15.1. The van der Waals surface area contributed by atoms with E-state index in [2.05, 4.69) is 141 Å². The Morgan fingerprint density at radius 3 is 0.823 bits per heavy atom. The second kappa shape index (κ2) is 24.4. The van der Waals surface area contributed by atoms with Crippen molar-refractivity contribution in [1.29, 1.82) is 0 Å². The van der Waals surface area contributed by atoms with Crippen LogP contribution in [0.1, 0.15) is 229 Å². The first-order chi connectivity index (χ1) is 30.1. The molecule has 0 nitrogen and oxygen atoms in total. The molecule has 0 fully saturated rings. The molecule has 0 heterocycles. The van der Waals surface area contributed by atoms with Crippen LogP contribution < -0.4 is 0 Å². The van der Waals surface area contributed by atoms with Crippen molar-refractivity contribution in [3.05, 3.63) is 81.9 Å². The summed E-state index contributed by atoms with van der Waals surface area (Å²) < 4.78 is 0. The van der Waals surface area contributed by atoms with Gasteiger partial charge >= 0.3 is 0 Å². The zero-order valence-electron chi connectivity index (χ0n) is 41.6. The van der Waals surface area contributed by atoms with Gasteiger partial charge in [0.1, 0.15) is 0 Å². The van der Waals surface area contributed by atoms with E-state index in [1.807, 2.05) is 0 Å². The van der Waals surface area contributed by atoms with E-state index in [0.717, 1.165) is 12.8 Å². The highest BCUT2D eigenvalue weighted by Gasteiger charge is 2.24. The molecule has 334 valence electrons. The van der Waals surface area contributed by atoms with Crippen molar-refractivity contribution in [2.24, 2.45) is 10.8 Å². The van der Waals surface area contributed by atoms with Crippen LogP contribution in [0.25, 0.3) is 43.1 Å². The number of fused-ring (bicyclic) bond motifs is 4. The normalized spacial score (nSPS) is 12.0. The van der Waals surface area contributed by atoms with Gasteiger partial charge in [-0.2, -0.15) is 0 Å². The molecule has 0 radical (unpaired) electrons. The molecule has 0 aromatic heterocycles. The van der Waals surface area contributed by atoms with Crippen LogP contribution in [0.15, 0.2) is 48.5 Å². The second-order valence-corrected chi connectivity index (χ2v) is 19.7. The maximum atomic E-state index is 3.83. The van der Waals surface area contributed by atoms with Crippen LogP contribution in [0.3, 0.4) is 0 Å². The van der Waals surface area contributed by atoms with Gasteiger partial charge in [-0.25, -0.2) is 0 Å². The molecular weight excluding hydrogens is 745 g/mol.